The highest BCUT2D eigenvalue weighted by Crippen LogP contribution is 2.26. The van der Waals surface area contributed by atoms with Crippen molar-refractivity contribution in [1.29, 1.82) is 0 Å². The Morgan fingerprint density at radius 2 is 1.40 bits per heavy atom. The maximum absolute atomic E-state index is 13.4. The van der Waals surface area contributed by atoms with E-state index in [2.05, 4.69) is 0 Å². The van der Waals surface area contributed by atoms with Gasteiger partial charge in [-0.2, -0.15) is 0 Å². The number of hydrogen-bond acceptors (Lipinski definition) is 1. The highest BCUT2D eigenvalue weighted by molar-refractivity contribution is 5.26. The number of benzene rings is 2. The summed E-state index contributed by atoms with van der Waals surface area (Å²) in [6.45, 7) is 0. The predicted octanol–water partition coefficient (Wildman–Crippen LogP) is 3.66. The Bertz CT molecular complexity index is 618. The smallest absolute Gasteiger partial charge is 0.134 e. The van der Waals surface area contributed by atoms with Gasteiger partial charge in [-0.1, -0.05) is 0 Å². The van der Waals surface area contributed by atoms with E-state index in [1.165, 1.54) is 0 Å². The van der Waals surface area contributed by atoms with Gasteiger partial charge in [0.2, 0.25) is 0 Å². The van der Waals surface area contributed by atoms with Gasteiger partial charge in [0, 0.05) is 18.6 Å². The van der Waals surface area contributed by atoms with Gasteiger partial charge in [-0.05, 0) is 23.8 Å². The zero-order chi connectivity index (χ0) is 14.9. The van der Waals surface area contributed by atoms with E-state index in [9.17, 15) is 27.1 Å². The van der Waals surface area contributed by atoms with Crippen molar-refractivity contribution in [3.63, 3.8) is 0 Å². The number of hydrogen-bond donors (Lipinski definition) is 1. The van der Waals surface area contributed by atoms with Gasteiger partial charge in [0.05, 0.1) is 11.7 Å². The fourth-order valence-electron chi connectivity index (χ4n) is 1.88. The van der Waals surface area contributed by atoms with Crippen molar-refractivity contribution in [1.82, 2.24) is 0 Å². The number of halogens is 5. The maximum atomic E-state index is 13.4. The van der Waals surface area contributed by atoms with E-state index in [1.54, 1.807) is 0 Å². The molecule has 1 unspecified atom stereocenters. The van der Waals surface area contributed by atoms with Crippen LogP contribution in [0.4, 0.5) is 22.0 Å². The van der Waals surface area contributed by atoms with Crippen molar-refractivity contribution in [3.8, 4) is 0 Å². The van der Waals surface area contributed by atoms with Crippen LogP contribution in [0.1, 0.15) is 17.2 Å². The third-order valence-corrected chi connectivity index (χ3v) is 2.80. The molecule has 0 aliphatic carbocycles. The largest absolute Gasteiger partial charge is 0.388 e. The van der Waals surface area contributed by atoms with E-state index in [0.29, 0.717) is 12.1 Å². The minimum atomic E-state index is -1.76. The van der Waals surface area contributed by atoms with Crippen LogP contribution in [0.15, 0.2) is 30.3 Å². The maximum Gasteiger partial charge on any atom is 0.134 e. The minimum Gasteiger partial charge on any atom is -0.388 e. The average Bonchev–Trinajstić information content (AvgIpc) is 2.32. The summed E-state index contributed by atoms with van der Waals surface area (Å²) in [4.78, 5) is 0. The molecule has 0 spiro atoms. The second-order valence-electron chi connectivity index (χ2n) is 4.24. The Balaban J connectivity index is 2.33. The Kier molecular flexibility index (Phi) is 4.04. The van der Waals surface area contributed by atoms with Crippen molar-refractivity contribution >= 4 is 0 Å². The van der Waals surface area contributed by atoms with Crippen LogP contribution in [0.5, 0.6) is 0 Å². The van der Waals surface area contributed by atoms with Crippen molar-refractivity contribution in [2.45, 2.75) is 12.5 Å². The van der Waals surface area contributed by atoms with Crippen LogP contribution in [-0.2, 0) is 6.42 Å². The van der Waals surface area contributed by atoms with Gasteiger partial charge in [-0.15, -0.1) is 0 Å². The van der Waals surface area contributed by atoms with Crippen LogP contribution >= 0.6 is 0 Å². The molecule has 1 nitrogen and oxygen atoms in total. The highest BCUT2D eigenvalue weighted by atomic mass is 19.2. The van der Waals surface area contributed by atoms with E-state index < -0.39 is 47.2 Å². The van der Waals surface area contributed by atoms with E-state index in [-0.39, 0.29) is 5.56 Å². The molecular weight excluding hydrogens is 279 g/mol. The van der Waals surface area contributed by atoms with Crippen molar-refractivity contribution in [2.24, 2.45) is 0 Å². The third kappa shape index (κ3) is 2.96. The van der Waals surface area contributed by atoms with Gasteiger partial charge in [-0.25, -0.2) is 22.0 Å². The molecule has 0 aliphatic rings. The molecule has 0 amide bonds. The monoisotopic (exact) mass is 288 g/mol. The minimum absolute atomic E-state index is 0.236. The summed E-state index contributed by atoms with van der Waals surface area (Å²) in [7, 11) is 0. The predicted molar refractivity (Wildman–Crippen MR) is 61.3 cm³/mol. The van der Waals surface area contributed by atoms with Crippen molar-refractivity contribution in [2.75, 3.05) is 0 Å². The van der Waals surface area contributed by atoms with Crippen LogP contribution < -0.4 is 0 Å². The highest BCUT2D eigenvalue weighted by Gasteiger charge is 2.21. The second kappa shape index (κ2) is 5.58. The molecule has 1 atom stereocenters. The van der Waals surface area contributed by atoms with E-state index in [0.717, 1.165) is 18.2 Å². The molecule has 0 radical (unpaired) electrons. The molecule has 106 valence electrons. The Hall–Kier alpha value is -1.95. The zero-order valence-electron chi connectivity index (χ0n) is 10.0. The van der Waals surface area contributed by atoms with Gasteiger partial charge >= 0.3 is 0 Å². The number of rotatable bonds is 3. The fraction of sp³-hybridized carbons (Fsp3) is 0.143. The lowest BCUT2D eigenvalue weighted by atomic mass is 10.00. The molecule has 0 bridgehead atoms. The first-order chi connectivity index (χ1) is 9.38. The van der Waals surface area contributed by atoms with Gasteiger partial charge in [-0.3, -0.25) is 0 Å². The summed E-state index contributed by atoms with van der Waals surface area (Å²) in [6.07, 6.45) is -2.30. The zero-order valence-corrected chi connectivity index (χ0v) is 10.0. The molecule has 0 heterocycles. The van der Waals surface area contributed by atoms with Crippen molar-refractivity contribution < 1.29 is 27.1 Å². The molecule has 2 aromatic carbocycles. The topological polar surface area (TPSA) is 20.2 Å². The first-order valence-electron chi connectivity index (χ1n) is 5.65. The normalized spacial score (nSPS) is 12.5. The lowest BCUT2D eigenvalue weighted by molar-refractivity contribution is 0.166. The summed E-state index contributed by atoms with van der Waals surface area (Å²) in [5, 5.41) is 9.75. The van der Waals surface area contributed by atoms with Gasteiger partial charge in [0.15, 0.2) is 0 Å². The lowest BCUT2D eigenvalue weighted by Gasteiger charge is -2.13. The summed E-state index contributed by atoms with van der Waals surface area (Å²) >= 11 is 0. The second-order valence-corrected chi connectivity index (χ2v) is 4.24. The molecule has 2 aromatic rings. The first kappa shape index (κ1) is 14.5. The van der Waals surface area contributed by atoms with E-state index in [1.807, 2.05) is 0 Å². The summed E-state index contributed by atoms with van der Waals surface area (Å²) < 4.78 is 66.0. The SMILES string of the molecule is OC(Cc1cc(F)ccc1F)c1c(F)cc(F)cc1F. The quantitative estimate of drug-likeness (QED) is 0.855. The standard InChI is InChI=1S/C14H9F5O/c15-8-1-2-10(17)7(3-8)4-13(20)14-11(18)5-9(16)6-12(14)19/h1-3,5-6,13,20H,4H2. The molecule has 0 aliphatic heterocycles. The van der Waals surface area contributed by atoms with Crippen LogP contribution in [0.2, 0.25) is 0 Å². The van der Waals surface area contributed by atoms with Gasteiger partial charge < -0.3 is 5.11 Å². The number of aliphatic hydroxyl groups excluding tert-OH is 1. The summed E-state index contributed by atoms with van der Waals surface area (Å²) in [5.41, 5.74) is -1.02. The Morgan fingerprint density at radius 1 is 0.800 bits per heavy atom. The van der Waals surface area contributed by atoms with Crippen LogP contribution in [-0.4, -0.2) is 5.11 Å². The molecule has 0 aromatic heterocycles. The molecule has 0 fully saturated rings. The fourth-order valence-corrected chi connectivity index (χ4v) is 1.88. The molecular formula is C14H9F5O. The Labute approximate surface area is 111 Å². The van der Waals surface area contributed by atoms with Crippen LogP contribution in [0, 0.1) is 29.1 Å². The third-order valence-electron chi connectivity index (χ3n) is 2.80. The average molecular weight is 288 g/mol. The molecule has 2 rings (SSSR count). The molecule has 1 N–H and O–H groups in total. The molecule has 0 saturated carbocycles. The van der Waals surface area contributed by atoms with Crippen molar-refractivity contribution in [3.05, 3.63) is 70.5 Å². The number of aliphatic hydroxyl groups is 1. The molecule has 20 heavy (non-hydrogen) atoms. The summed E-state index contributed by atoms with van der Waals surface area (Å²) in [5.74, 6) is -5.26. The first-order valence-corrected chi connectivity index (χ1v) is 5.65. The molecule has 6 heteroatoms. The van der Waals surface area contributed by atoms with E-state index >= 15 is 0 Å². The summed E-state index contributed by atoms with van der Waals surface area (Å²) in [6, 6.07) is 3.35. The van der Waals surface area contributed by atoms with Gasteiger partial charge in [0.25, 0.3) is 0 Å². The lowest BCUT2D eigenvalue weighted by Crippen LogP contribution is -2.09. The van der Waals surface area contributed by atoms with Crippen LogP contribution in [0.3, 0.4) is 0 Å². The van der Waals surface area contributed by atoms with Crippen LogP contribution in [0.25, 0.3) is 0 Å². The Morgan fingerprint density at radius 3 is 2.00 bits per heavy atom. The molecule has 0 saturated heterocycles. The van der Waals surface area contributed by atoms with Gasteiger partial charge in [0.1, 0.15) is 29.1 Å². The van der Waals surface area contributed by atoms with E-state index in [4.69, 9.17) is 0 Å².